The molecule has 1 heterocycles. The summed E-state index contributed by atoms with van der Waals surface area (Å²) in [5, 5.41) is 3.38. The summed E-state index contributed by atoms with van der Waals surface area (Å²) in [6, 6.07) is 8.55. The van der Waals surface area contributed by atoms with Gasteiger partial charge in [-0.1, -0.05) is 29.3 Å². The van der Waals surface area contributed by atoms with E-state index in [-0.39, 0.29) is 5.91 Å². The third kappa shape index (κ3) is 3.68. The molecule has 0 unspecified atom stereocenters. The molecule has 0 spiro atoms. The Morgan fingerprint density at radius 1 is 1.35 bits per heavy atom. The van der Waals surface area contributed by atoms with Gasteiger partial charge in [-0.25, -0.2) is 0 Å². The second-order valence-electron chi connectivity index (χ2n) is 4.11. The Hall–Kier alpha value is -1.65. The highest BCUT2D eigenvalue weighted by molar-refractivity contribution is 6.42. The monoisotopic (exact) mass is 313 g/mol. The molecule has 0 saturated heterocycles. The van der Waals surface area contributed by atoms with Crippen LogP contribution in [0.4, 0.5) is 0 Å². The van der Waals surface area contributed by atoms with E-state index < -0.39 is 6.10 Å². The number of hydrogen-bond acceptors (Lipinski definition) is 3. The van der Waals surface area contributed by atoms with Gasteiger partial charge in [-0.15, -0.1) is 0 Å². The predicted molar refractivity (Wildman–Crippen MR) is 77.1 cm³/mol. The third-order valence-corrected chi connectivity index (χ3v) is 3.41. The van der Waals surface area contributed by atoms with Gasteiger partial charge in [0.2, 0.25) is 0 Å². The van der Waals surface area contributed by atoms with Gasteiger partial charge in [0.25, 0.3) is 5.91 Å². The molecule has 0 aliphatic carbocycles. The Labute approximate surface area is 126 Å². The number of hydrogen-bond donors (Lipinski definition) is 1. The van der Waals surface area contributed by atoms with Gasteiger partial charge in [0, 0.05) is 0 Å². The number of benzene rings is 1. The van der Waals surface area contributed by atoms with E-state index in [1.54, 1.807) is 43.5 Å². The number of amides is 1. The fourth-order valence-electron chi connectivity index (χ4n) is 1.55. The normalized spacial score (nSPS) is 11.9. The molecule has 0 aliphatic heterocycles. The van der Waals surface area contributed by atoms with Crippen molar-refractivity contribution in [2.24, 2.45) is 0 Å². The zero-order chi connectivity index (χ0) is 14.5. The highest BCUT2D eigenvalue weighted by Crippen LogP contribution is 2.32. The minimum atomic E-state index is -0.694. The summed E-state index contributed by atoms with van der Waals surface area (Å²) in [5.74, 6) is 0.781. The van der Waals surface area contributed by atoms with E-state index in [4.69, 9.17) is 32.4 Å². The summed E-state index contributed by atoms with van der Waals surface area (Å²) >= 11 is 11.9. The van der Waals surface area contributed by atoms with E-state index in [2.05, 4.69) is 5.32 Å². The Bertz CT molecular complexity index is 584. The van der Waals surface area contributed by atoms with Crippen LogP contribution in [-0.2, 0) is 11.3 Å². The molecule has 6 heteroatoms. The molecule has 0 fully saturated rings. The van der Waals surface area contributed by atoms with Crippen LogP contribution in [0.5, 0.6) is 5.75 Å². The van der Waals surface area contributed by atoms with E-state index in [1.165, 1.54) is 0 Å². The predicted octanol–water partition coefficient (Wildman–Crippen LogP) is 3.67. The van der Waals surface area contributed by atoms with Crippen molar-refractivity contribution < 1.29 is 13.9 Å². The molecule has 0 bridgehead atoms. The van der Waals surface area contributed by atoms with Gasteiger partial charge in [0.15, 0.2) is 6.10 Å². The second kappa shape index (κ2) is 6.68. The van der Waals surface area contributed by atoms with Crippen LogP contribution in [0.15, 0.2) is 41.0 Å². The summed E-state index contributed by atoms with van der Waals surface area (Å²) in [7, 11) is 0. The molecule has 1 aromatic heterocycles. The Kier molecular flexibility index (Phi) is 4.93. The smallest absolute Gasteiger partial charge is 0.261 e. The zero-order valence-electron chi connectivity index (χ0n) is 10.7. The first-order chi connectivity index (χ1) is 9.58. The van der Waals surface area contributed by atoms with Crippen molar-refractivity contribution in [2.75, 3.05) is 0 Å². The number of nitrogens with one attached hydrogen (secondary N) is 1. The van der Waals surface area contributed by atoms with E-state index in [1.807, 2.05) is 0 Å². The second-order valence-corrected chi connectivity index (χ2v) is 4.89. The quantitative estimate of drug-likeness (QED) is 0.916. The summed E-state index contributed by atoms with van der Waals surface area (Å²) in [5.41, 5.74) is 0. The molecule has 2 rings (SSSR count). The molecule has 1 aromatic carbocycles. The maximum Gasteiger partial charge on any atom is 0.261 e. The van der Waals surface area contributed by atoms with Crippen LogP contribution in [-0.4, -0.2) is 12.0 Å². The molecule has 1 atom stereocenters. The first-order valence-corrected chi connectivity index (χ1v) is 6.74. The van der Waals surface area contributed by atoms with Gasteiger partial charge in [0.05, 0.1) is 17.8 Å². The van der Waals surface area contributed by atoms with Crippen LogP contribution >= 0.6 is 23.2 Å². The molecule has 20 heavy (non-hydrogen) atoms. The maximum atomic E-state index is 11.9. The molecular formula is C14H13Cl2NO3. The lowest BCUT2D eigenvalue weighted by molar-refractivity contribution is -0.127. The minimum Gasteiger partial charge on any atom is -0.479 e. The fourth-order valence-corrected chi connectivity index (χ4v) is 1.89. The molecular weight excluding hydrogens is 301 g/mol. The highest BCUT2D eigenvalue weighted by atomic mass is 35.5. The standard InChI is InChI=1S/C14H13Cl2NO3/c1-9(14(18)17-8-10-4-3-7-19-10)20-12-6-2-5-11(15)13(12)16/h2-7,9H,8H2,1H3,(H,17,18)/t9-/m1/s1. The number of carbonyl (C=O) groups is 1. The van der Waals surface area contributed by atoms with Gasteiger partial charge in [-0.05, 0) is 31.2 Å². The summed E-state index contributed by atoms with van der Waals surface area (Å²) in [6.07, 6.45) is 0.855. The van der Waals surface area contributed by atoms with Gasteiger partial charge < -0.3 is 14.5 Å². The van der Waals surface area contributed by atoms with Crippen molar-refractivity contribution in [3.05, 3.63) is 52.4 Å². The summed E-state index contributed by atoms with van der Waals surface area (Å²) in [6.45, 7) is 1.94. The molecule has 0 saturated carbocycles. The molecule has 0 radical (unpaired) electrons. The van der Waals surface area contributed by atoms with E-state index in [0.29, 0.717) is 28.1 Å². The number of rotatable bonds is 5. The van der Waals surface area contributed by atoms with Crippen LogP contribution in [0.25, 0.3) is 0 Å². The van der Waals surface area contributed by atoms with Crippen molar-refractivity contribution in [1.29, 1.82) is 0 Å². The fraction of sp³-hybridized carbons (Fsp3) is 0.214. The lowest BCUT2D eigenvalue weighted by Gasteiger charge is -2.15. The Morgan fingerprint density at radius 2 is 2.15 bits per heavy atom. The maximum absolute atomic E-state index is 11.9. The molecule has 0 aliphatic rings. The molecule has 2 aromatic rings. The summed E-state index contributed by atoms with van der Waals surface area (Å²) in [4.78, 5) is 11.9. The zero-order valence-corrected chi connectivity index (χ0v) is 12.2. The van der Waals surface area contributed by atoms with Gasteiger partial charge >= 0.3 is 0 Å². The van der Waals surface area contributed by atoms with Gasteiger partial charge in [0.1, 0.15) is 16.5 Å². The van der Waals surface area contributed by atoms with Crippen molar-refractivity contribution in [3.8, 4) is 5.75 Å². The number of halogens is 2. The lowest BCUT2D eigenvalue weighted by atomic mass is 10.3. The SMILES string of the molecule is C[C@@H](Oc1cccc(Cl)c1Cl)C(=O)NCc1ccco1. The Balaban J connectivity index is 1.92. The number of furan rings is 1. The van der Waals surface area contributed by atoms with Crippen molar-refractivity contribution >= 4 is 29.1 Å². The van der Waals surface area contributed by atoms with Crippen LogP contribution in [0.3, 0.4) is 0 Å². The third-order valence-electron chi connectivity index (χ3n) is 2.61. The molecule has 106 valence electrons. The van der Waals surface area contributed by atoms with Crippen LogP contribution < -0.4 is 10.1 Å². The van der Waals surface area contributed by atoms with Gasteiger partial charge in [-0.2, -0.15) is 0 Å². The first-order valence-electron chi connectivity index (χ1n) is 5.98. The van der Waals surface area contributed by atoms with Gasteiger partial charge in [-0.3, -0.25) is 4.79 Å². The van der Waals surface area contributed by atoms with Crippen LogP contribution in [0.1, 0.15) is 12.7 Å². The minimum absolute atomic E-state index is 0.266. The van der Waals surface area contributed by atoms with Crippen molar-refractivity contribution in [1.82, 2.24) is 5.32 Å². The van der Waals surface area contributed by atoms with E-state index in [0.717, 1.165) is 0 Å². The van der Waals surface area contributed by atoms with E-state index in [9.17, 15) is 4.79 Å². The van der Waals surface area contributed by atoms with Crippen molar-refractivity contribution in [3.63, 3.8) is 0 Å². The Morgan fingerprint density at radius 3 is 2.85 bits per heavy atom. The topological polar surface area (TPSA) is 51.5 Å². The largest absolute Gasteiger partial charge is 0.479 e. The van der Waals surface area contributed by atoms with Crippen LogP contribution in [0.2, 0.25) is 10.0 Å². The summed E-state index contributed by atoms with van der Waals surface area (Å²) < 4.78 is 10.6. The number of ether oxygens (including phenoxy) is 1. The van der Waals surface area contributed by atoms with Crippen molar-refractivity contribution in [2.45, 2.75) is 19.6 Å². The lowest BCUT2D eigenvalue weighted by Crippen LogP contribution is -2.35. The molecule has 1 amide bonds. The number of carbonyl (C=O) groups excluding carboxylic acids is 1. The molecule has 1 N–H and O–H groups in total. The first kappa shape index (κ1) is 14.8. The highest BCUT2D eigenvalue weighted by Gasteiger charge is 2.16. The molecule has 4 nitrogen and oxygen atoms in total. The van der Waals surface area contributed by atoms with Crippen LogP contribution in [0, 0.1) is 0 Å². The average molecular weight is 314 g/mol. The van der Waals surface area contributed by atoms with E-state index >= 15 is 0 Å². The average Bonchev–Trinajstić information content (AvgIpc) is 2.94.